The van der Waals surface area contributed by atoms with E-state index in [1.54, 1.807) is 0 Å². The second-order valence-electron chi connectivity index (χ2n) is 5.98. The van der Waals surface area contributed by atoms with Gasteiger partial charge >= 0.3 is 7.32 Å². The summed E-state index contributed by atoms with van der Waals surface area (Å²) in [4.78, 5) is 0. The minimum absolute atomic E-state index is 0. The monoisotopic (exact) mass is 383 g/mol. The maximum absolute atomic E-state index is 8.64. The van der Waals surface area contributed by atoms with Gasteiger partial charge in [0.05, 0.1) is 26.2 Å². The van der Waals surface area contributed by atoms with E-state index in [0.717, 1.165) is 0 Å². The Morgan fingerprint density at radius 1 is 0.600 bits per heavy atom. The Hall–Kier alpha value is -0.375. The zero-order valence-electron chi connectivity index (χ0n) is 16.4. The first kappa shape index (κ1) is 39.6. The topological polar surface area (TPSA) is 63.5 Å². The number of rotatable bonds is 12. The minimum atomic E-state index is -2.42. The summed E-state index contributed by atoms with van der Waals surface area (Å²) in [7, 11) is -2.42. The molecule has 0 unspecified atom stereocenters. The summed E-state index contributed by atoms with van der Waals surface area (Å²) in [6, 6.07) is 0. The van der Waals surface area contributed by atoms with Gasteiger partial charge in [-0.2, -0.15) is 0 Å². The maximum atomic E-state index is 8.64. The first-order valence-electron chi connectivity index (χ1n) is 8.85. The van der Waals surface area contributed by atoms with Crippen LogP contribution in [0.25, 0.3) is 0 Å². The van der Waals surface area contributed by atoms with Crippen molar-refractivity contribution >= 4 is 7.32 Å². The van der Waals surface area contributed by atoms with Crippen molar-refractivity contribution in [2.75, 3.05) is 26.2 Å². The summed E-state index contributed by atoms with van der Waals surface area (Å²) in [5.41, 5.74) is 0. The van der Waals surface area contributed by atoms with Crippen molar-refractivity contribution in [3.05, 3.63) is 0 Å². The van der Waals surface area contributed by atoms with Crippen molar-refractivity contribution in [3.8, 4) is 0 Å². The molecule has 25 heavy (non-hydrogen) atoms. The second kappa shape index (κ2) is 28.4. The van der Waals surface area contributed by atoms with Crippen LogP contribution in [0.1, 0.15) is 79.1 Å². The predicted octanol–water partition coefficient (Wildman–Crippen LogP) is 2.93. The molecule has 9 heteroatoms. The molecule has 0 saturated heterocycles. The van der Waals surface area contributed by atoms with Gasteiger partial charge in [0.15, 0.2) is 0 Å². The van der Waals surface area contributed by atoms with Crippen LogP contribution >= 0.6 is 0 Å². The van der Waals surface area contributed by atoms with Crippen LogP contribution in [0.4, 0.5) is 18.8 Å². The third-order valence-electron chi connectivity index (χ3n) is 3.94. The Bertz CT molecular complexity index is 180. The van der Waals surface area contributed by atoms with Crippen molar-refractivity contribution in [2.45, 2.75) is 79.1 Å². The average Bonchev–Trinajstić information content (AvgIpc) is 2.45. The van der Waals surface area contributed by atoms with Crippen LogP contribution < -0.4 is 5.02 Å². The summed E-state index contributed by atoms with van der Waals surface area (Å²) >= 11 is 0. The number of nitrogens with zero attached hydrogens (tertiary/aromatic N) is 1. The SMILES string of the molecule is CCCC[N+](CCCC)(CCCC)CCCC.F.F.F.F.[O-]B(O)O. The lowest BCUT2D eigenvalue weighted by atomic mass is 10.1. The lowest BCUT2D eigenvalue weighted by molar-refractivity contribution is -0.929. The van der Waals surface area contributed by atoms with Crippen molar-refractivity contribution in [3.63, 3.8) is 0 Å². The second-order valence-corrected chi connectivity index (χ2v) is 5.98. The van der Waals surface area contributed by atoms with Gasteiger partial charge in [0.2, 0.25) is 0 Å². The highest BCUT2D eigenvalue weighted by Crippen LogP contribution is 2.16. The molecule has 0 aliphatic heterocycles. The summed E-state index contributed by atoms with van der Waals surface area (Å²) in [5, 5.41) is 22.8. The largest absolute Gasteiger partial charge is 0.832 e. The molecule has 0 radical (unpaired) electrons. The van der Waals surface area contributed by atoms with Gasteiger partial charge in [0.25, 0.3) is 0 Å². The minimum Gasteiger partial charge on any atom is -0.832 e. The summed E-state index contributed by atoms with van der Waals surface area (Å²) in [5.74, 6) is 0. The van der Waals surface area contributed by atoms with Crippen LogP contribution in [0.2, 0.25) is 0 Å². The third-order valence-corrected chi connectivity index (χ3v) is 3.94. The van der Waals surface area contributed by atoms with Gasteiger partial charge in [-0.1, -0.05) is 53.4 Å². The quantitative estimate of drug-likeness (QED) is 0.309. The first-order chi connectivity index (χ1) is 9.97. The molecule has 0 aromatic rings. The van der Waals surface area contributed by atoms with Gasteiger partial charge in [-0.05, 0) is 25.7 Å². The van der Waals surface area contributed by atoms with E-state index in [-0.39, 0.29) is 18.8 Å². The van der Waals surface area contributed by atoms with E-state index in [9.17, 15) is 0 Å². The van der Waals surface area contributed by atoms with Gasteiger partial charge in [-0.3, -0.25) is 18.8 Å². The normalized spacial score (nSPS) is 9.24. The Morgan fingerprint density at radius 2 is 0.760 bits per heavy atom. The Balaban J connectivity index is -0.000000102. The van der Waals surface area contributed by atoms with Crippen molar-refractivity contribution < 1.29 is 38.4 Å². The molecule has 0 fully saturated rings. The molecule has 0 amide bonds. The molecule has 4 nitrogen and oxygen atoms in total. The van der Waals surface area contributed by atoms with Crippen molar-refractivity contribution in [2.24, 2.45) is 0 Å². The fraction of sp³-hybridized carbons (Fsp3) is 1.00. The lowest BCUT2D eigenvalue weighted by Crippen LogP contribution is -2.50. The van der Waals surface area contributed by atoms with E-state index in [0.29, 0.717) is 0 Å². The molecule has 0 bridgehead atoms. The van der Waals surface area contributed by atoms with Gasteiger partial charge in [0, 0.05) is 0 Å². The average molecular weight is 383 g/mol. The van der Waals surface area contributed by atoms with Gasteiger partial charge in [0.1, 0.15) is 0 Å². The van der Waals surface area contributed by atoms with E-state index in [1.165, 1.54) is 82.0 Å². The van der Waals surface area contributed by atoms with E-state index < -0.39 is 7.32 Å². The number of hydrogen-bond donors (Lipinski definition) is 2. The van der Waals surface area contributed by atoms with Crippen molar-refractivity contribution in [1.29, 1.82) is 0 Å². The fourth-order valence-electron chi connectivity index (χ4n) is 2.64. The molecule has 0 aromatic carbocycles. The van der Waals surface area contributed by atoms with Crippen molar-refractivity contribution in [1.82, 2.24) is 0 Å². The third kappa shape index (κ3) is 28.7. The molecule has 0 aromatic heterocycles. The highest BCUT2D eigenvalue weighted by molar-refractivity contribution is 6.28. The lowest BCUT2D eigenvalue weighted by Gasteiger charge is -2.39. The molecule has 0 aliphatic rings. The molecule has 0 aliphatic carbocycles. The molecule has 0 spiro atoms. The smallest absolute Gasteiger partial charge is 0.339 e. The summed E-state index contributed by atoms with van der Waals surface area (Å²) in [6.45, 7) is 15.0. The van der Waals surface area contributed by atoms with Crippen LogP contribution in [-0.2, 0) is 0 Å². The van der Waals surface area contributed by atoms with Crippen LogP contribution in [0.15, 0.2) is 0 Å². The molecule has 160 valence electrons. The van der Waals surface area contributed by atoms with E-state index >= 15 is 0 Å². The number of unbranched alkanes of at least 4 members (excludes halogenated alkanes) is 4. The highest BCUT2D eigenvalue weighted by atomic mass is 19.0. The molecular formula is C16H42BF4NO3. The zero-order valence-corrected chi connectivity index (χ0v) is 16.4. The summed E-state index contributed by atoms with van der Waals surface area (Å²) in [6.07, 6.45) is 11.1. The van der Waals surface area contributed by atoms with E-state index in [4.69, 9.17) is 15.1 Å². The number of hydrogen-bond acceptors (Lipinski definition) is 3. The standard InChI is InChI=1S/C16H36N.BH2O3.4FH/c1-5-9-13-17(14-10-6-2,15-11-7-3)16-12-8-4;2-1(3)4;;;;/h5-16H2,1-4H3;2-3H;4*1H/q+1;-1;;;;. The Morgan fingerprint density at radius 3 is 0.880 bits per heavy atom. The fourth-order valence-corrected chi connectivity index (χ4v) is 2.64. The molecule has 0 atom stereocenters. The molecule has 0 rings (SSSR count). The zero-order chi connectivity index (χ0) is 16.6. The summed E-state index contributed by atoms with van der Waals surface area (Å²) < 4.78 is 1.42. The molecular weight excluding hydrogens is 341 g/mol. The Kier molecular flexibility index (Phi) is 45.1. The Labute approximate surface area is 151 Å². The predicted molar refractivity (Wildman–Crippen MR) is 99.6 cm³/mol. The highest BCUT2D eigenvalue weighted by Gasteiger charge is 2.24. The number of halogens is 4. The first-order valence-corrected chi connectivity index (χ1v) is 8.85. The van der Waals surface area contributed by atoms with Crippen LogP contribution in [0, 0.1) is 0 Å². The van der Waals surface area contributed by atoms with Gasteiger partial charge in [-0.25, -0.2) is 0 Å². The molecule has 0 heterocycles. The van der Waals surface area contributed by atoms with Crippen LogP contribution in [-0.4, -0.2) is 48.0 Å². The molecule has 0 saturated carbocycles. The number of quaternary nitrogens is 1. The van der Waals surface area contributed by atoms with E-state index in [1.807, 2.05) is 0 Å². The van der Waals surface area contributed by atoms with Crippen LogP contribution in [0.5, 0.6) is 0 Å². The van der Waals surface area contributed by atoms with Gasteiger partial charge in [-0.15, -0.1) is 0 Å². The van der Waals surface area contributed by atoms with Gasteiger partial charge < -0.3 is 19.6 Å². The van der Waals surface area contributed by atoms with Crippen LogP contribution in [0.3, 0.4) is 0 Å². The van der Waals surface area contributed by atoms with E-state index in [2.05, 4.69) is 27.7 Å². The maximum Gasteiger partial charge on any atom is 0.339 e. The molecule has 2 N–H and O–H groups in total.